The summed E-state index contributed by atoms with van der Waals surface area (Å²) in [5.41, 5.74) is 5.65. The molecule has 3 N–H and O–H groups in total. The number of carbonyl (C=O) groups excluding carboxylic acids is 2. The van der Waals surface area contributed by atoms with Crippen molar-refractivity contribution in [3.8, 4) is 11.8 Å². The highest BCUT2D eigenvalue weighted by molar-refractivity contribution is 6.37. The van der Waals surface area contributed by atoms with Crippen molar-refractivity contribution in [1.29, 1.82) is 5.26 Å². The number of ether oxygens (including phenoxy) is 1. The van der Waals surface area contributed by atoms with E-state index < -0.39 is 11.8 Å². The molecule has 9 heteroatoms. The van der Waals surface area contributed by atoms with Gasteiger partial charge in [-0.15, -0.1) is 0 Å². The number of nitriles is 1. The first-order valence-electron chi connectivity index (χ1n) is 7.39. The molecule has 0 bridgehead atoms. The molecule has 0 aliphatic heterocycles. The highest BCUT2D eigenvalue weighted by Gasteiger charge is 2.12. The molecule has 0 aliphatic carbocycles. The average molecular weight is 425 g/mol. The highest BCUT2D eigenvalue weighted by Crippen LogP contribution is 2.28. The summed E-state index contributed by atoms with van der Waals surface area (Å²) in [6, 6.07) is 10.9. The molecule has 6 nitrogen and oxygen atoms in total. The molecule has 0 atom stereocenters. The SMILES string of the molecule is N#CC(=Cc1ccc(OCC(N)=O)c(Cl)c1)C(=O)Nc1ccc(Cl)cc1Cl. The van der Waals surface area contributed by atoms with Crippen molar-refractivity contribution >= 4 is 58.4 Å². The Bertz CT molecular complexity index is 968. The molecular formula is C18H12Cl3N3O3. The lowest BCUT2D eigenvalue weighted by molar-refractivity contribution is -0.120. The minimum absolute atomic E-state index is 0.164. The Morgan fingerprint density at radius 2 is 1.89 bits per heavy atom. The Morgan fingerprint density at radius 1 is 1.15 bits per heavy atom. The van der Waals surface area contributed by atoms with Crippen LogP contribution in [-0.2, 0) is 9.59 Å². The second-order valence-electron chi connectivity index (χ2n) is 5.19. The van der Waals surface area contributed by atoms with Crippen LogP contribution >= 0.6 is 34.8 Å². The maximum Gasteiger partial charge on any atom is 0.266 e. The van der Waals surface area contributed by atoms with Crippen LogP contribution in [-0.4, -0.2) is 18.4 Å². The summed E-state index contributed by atoms with van der Waals surface area (Å²) < 4.78 is 5.14. The fourth-order valence-corrected chi connectivity index (χ4v) is 2.67. The van der Waals surface area contributed by atoms with Gasteiger partial charge in [-0.25, -0.2) is 0 Å². The number of benzene rings is 2. The van der Waals surface area contributed by atoms with E-state index >= 15 is 0 Å². The summed E-state index contributed by atoms with van der Waals surface area (Å²) in [4.78, 5) is 23.1. The van der Waals surface area contributed by atoms with Crippen molar-refractivity contribution in [2.24, 2.45) is 5.73 Å². The molecule has 0 unspecified atom stereocenters. The van der Waals surface area contributed by atoms with Crippen LogP contribution in [0.4, 0.5) is 5.69 Å². The Balaban J connectivity index is 2.19. The van der Waals surface area contributed by atoms with Crippen LogP contribution in [0.3, 0.4) is 0 Å². The van der Waals surface area contributed by atoms with Gasteiger partial charge in [-0.3, -0.25) is 9.59 Å². The Hall–Kier alpha value is -2.72. The smallest absolute Gasteiger partial charge is 0.266 e. The van der Waals surface area contributed by atoms with Gasteiger partial charge in [0, 0.05) is 5.02 Å². The van der Waals surface area contributed by atoms with Gasteiger partial charge >= 0.3 is 0 Å². The molecule has 2 aromatic rings. The van der Waals surface area contributed by atoms with Crippen molar-refractivity contribution in [3.05, 3.63) is 62.6 Å². The van der Waals surface area contributed by atoms with Gasteiger partial charge in [-0.2, -0.15) is 5.26 Å². The summed E-state index contributed by atoms with van der Waals surface area (Å²) in [6.45, 7) is -0.317. The normalized spacial score (nSPS) is 10.8. The summed E-state index contributed by atoms with van der Waals surface area (Å²) in [7, 11) is 0. The van der Waals surface area contributed by atoms with Crippen molar-refractivity contribution in [1.82, 2.24) is 0 Å². The van der Waals surface area contributed by atoms with E-state index in [-0.39, 0.29) is 28.0 Å². The molecule has 0 aromatic heterocycles. The molecule has 0 saturated carbocycles. The average Bonchev–Trinajstić information content (AvgIpc) is 2.61. The fourth-order valence-electron chi connectivity index (χ4n) is 1.97. The van der Waals surface area contributed by atoms with Crippen LogP contribution in [0.5, 0.6) is 5.75 Å². The Morgan fingerprint density at radius 3 is 2.48 bits per heavy atom. The summed E-state index contributed by atoms with van der Waals surface area (Å²) in [6.07, 6.45) is 1.35. The van der Waals surface area contributed by atoms with Crippen molar-refractivity contribution in [2.45, 2.75) is 0 Å². The van der Waals surface area contributed by atoms with Gasteiger partial charge in [0.15, 0.2) is 6.61 Å². The largest absolute Gasteiger partial charge is 0.482 e. The van der Waals surface area contributed by atoms with Crippen LogP contribution in [0.1, 0.15) is 5.56 Å². The number of hydrogen-bond acceptors (Lipinski definition) is 4. The zero-order valence-electron chi connectivity index (χ0n) is 13.6. The molecule has 2 amide bonds. The second kappa shape index (κ2) is 9.28. The van der Waals surface area contributed by atoms with E-state index in [0.29, 0.717) is 16.3 Å². The van der Waals surface area contributed by atoms with E-state index in [1.54, 1.807) is 12.1 Å². The van der Waals surface area contributed by atoms with Gasteiger partial charge in [0.25, 0.3) is 11.8 Å². The lowest BCUT2D eigenvalue weighted by Crippen LogP contribution is -2.20. The van der Waals surface area contributed by atoms with E-state index in [0.717, 1.165) is 0 Å². The molecule has 0 saturated heterocycles. The van der Waals surface area contributed by atoms with Crippen LogP contribution in [0.2, 0.25) is 15.1 Å². The maximum atomic E-state index is 12.3. The molecule has 0 fully saturated rings. The van der Waals surface area contributed by atoms with Gasteiger partial charge in [-0.05, 0) is 42.0 Å². The predicted octanol–water partition coefficient (Wildman–Crippen LogP) is 4.06. The molecule has 138 valence electrons. The Labute approximate surface area is 170 Å². The molecular weight excluding hydrogens is 413 g/mol. The number of hydrogen-bond donors (Lipinski definition) is 2. The number of nitrogens with one attached hydrogen (secondary N) is 1. The number of halogens is 3. The first kappa shape index (κ1) is 20.6. The molecule has 0 aliphatic rings. The molecule has 2 rings (SSSR count). The number of carbonyl (C=O) groups is 2. The molecule has 0 spiro atoms. The number of primary amides is 1. The maximum absolute atomic E-state index is 12.3. The first-order valence-corrected chi connectivity index (χ1v) is 8.52. The van der Waals surface area contributed by atoms with Crippen LogP contribution in [0.25, 0.3) is 6.08 Å². The lowest BCUT2D eigenvalue weighted by Gasteiger charge is -2.08. The van der Waals surface area contributed by atoms with Gasteiger partial charge in [-0.1, -0.05) is 40.9 Å². The molecule has 0 heterocycles. The second-order valence-corrected chi connectivity index (χ2v) is 6.44. The molecule has 27 heavy (non-hydrogen) atoms. The molecule has 2 aromatic carbocycles. The fraction of sp³-hybridized carbons (Fsp3) is 0.0556. The van der Waals surface area contributed by atoms with Crippen LogP contribution < -0.4 is 15.8 Å². The quantitative estimate of drug-likeness (QED) is 0.539. The van der Waals surface area contributed by atoms with Crippen LogP contribution in [0, 0.1) is 11.3 Å². The molecule has 0 radical (unpaired) electrons. The predicted molar refractivity (Wildman–Crippen MR) is 105 cm³/mol. The number of nitrogens with zero attached hydrogens (tertiary/aromatic N) is 1. The van der Waals surface area contributed by atoms with E-state index in [9.17, 15) is 14.9 Å². The number of nitrogens with two attached hydrogens (primary N) is 1. The van der Waals surface area contributed by atoms with Crippen molar-refractivity contribution in [3.63, 3.8) is 0 Å². The first-order chi connectivity index (χ1) is 12.8. The Kier molecular flexibility index (Phi) is 7.08. The zero-order chi connectivity index (χ0) is 20.0. The van der Waals surface area contributed by atoms with Crippen LogP contribution in [0.15, 0.2) is 42.0 Å². The summed E-state index contributed by atoms with van der Waals surface area (Å²) in [5, 5.41) is 12.7. The monoisotopic (exact) mass is 423 g/mol. The van der Waals surface area contributed by atoms with E-state index in [2.05, 4.69) is 5.32 Å². The van der Waals surface area contributed by atoms with E-state index in [1.165, 1.54) is 30.3 Å². The van der Waals surface area contributed by atoms with Crippen molar-refractivity contribution < 1.29 is 14.3 Å². The zero-order valence-corrected chi connectivity index (χ0v) is 15.9. The third-order valence-electron chi connectivity index (χ3n) is 3.18. The van der Waals surface area contributed by atoms with Gasteiger partial charge < -0.3 is 15.8 Å². The number of anilines is 1. The topological polar surface area (TPSA) is 105 Å². The van der Waals surface area contributed by atoms with Gasteiger partial charge in [0.1, 0.15) is 17.4 Å². The number of amides is 2. The lowest BCUT2D eigenvalue weighted by atomic mass is 10.1. The van der Waals surface area contributed by atoms with Gasteiger partial charge in [0.05, 0.1) is 15.7 Å². The minimum Gasteiger partial charge on any atom is -0.482 e. The van der Waals surface area contributed by atoms with Gasteiger partial charge in [0.2, 0.25) is 0 Å². The standard InChI is InChI=1S/C18H12Cl3N3O3/c19-12-2-3-15(13(20)7-12)24-18(26)11(8-22)5-10-1-4-16(14(21)6-10)27-9-17(23)25/h1-7H,9H2,(H2,23,25)(H,24,26). The summed E-state index contributed by atoms with van der Waals surface area (Å²) in [5.74, 6) is -1.03. The van der Waals surface area contributed by atoms with E-state index in [4.69, 9.17) is 45.3 Å². The van der Waals surface area contributed by atoms with E-state index in [1.807, 2.05) is 6.07 Å². The number of rotatable bonds is 6. The highest BCUT2D eigenvalue weighted by atomic mass is 35.5. The third kappa shape index (κ3) is 5.90. The summed E-state index contributed by atoms with van der Waals surface area (Å²) >= 11 is 17.9. The third-order valence-corrected chi connectivity index (χ3v) is 4.02. The van der Waals surface area contributed by atoms with Crippen molar-refractivity contribution in [2.75, 3.05) is 11.9 Å². The minimum atomic E-state index is -0.646.